The summed E-state index contributed by atoms with van der Waals surface area (Å²) < 4.78 is 33.8. The predicted molar refractivity (Wildman–Crippen MR) is 125 cm³/mol. The van der Waals surface area contributed by atoms with Crippen LogP contribution in [0.4, 0.5) is 19.3 Å². The van der Waals surface area contributed by atoms with Crippen LogP contribution in [0, 0.1) is 11.6 Å². The standard InChI is InChI=1S/C25H22ClF2N3O3/c1-30-13-16-10-9-15(24(32)29-12-17-20(27)7-4-8-23(17)34-2)11-22(16)31(25(30)33)14-18-19(26)5-3-6-21(18)28/h3-11H,12-14H2,1-2H3,(H,29,32). The second-order valence-electron chi connectivity index (χ2n) is 7.87. The highest BCUT2D eigenvalue weighted by Gasteiger charge is 2.30. The molecule has 34 heavy (non-hydrogen) atoms. The van der Waals surface area contributed by atoms with Crippen molar-refractivity contribution in [2.75, 3.05) is 19.1 Å². The average molecular weight is 486 g/mol. The highest BCUT2D eigenvalue weighted by Crippen LogP contribution is 2.32. The van der Waals surface area contributed by atoms with Gasteiger partial charge < -0.3 is 15.0 Å². The van der Waals surface area contributed by atoms with E-state index >= 15 is 0 Å². The van der Waals surface area contributed by atoms with Gasteiger partial charge in [0.05, 0.1) is 19.3 Å². The van der Waals surface area contributed by atoms with Crippen molar-refractivity contribution >= 4 is 29.2 Å². The molecule has 6 nitrogen and oxygen atoms in total. The van der Waals surface area contributed by atoms with Crippen LogP contribution >= 0.6 is 11.6 Å². The minimum absolute atomic E-state index is 0.0814. The molecule has 176 valence electrons. The Bertz CT molecular complexity index is 1250. The first-order chi connectivity index (χ1) is 16.3. The van der Waals surface area contributed by atoms with Gasteiger partial charge >= 0.3 is 6.03 Å². The van der Waals surface area contributed by atoms with Gasteiger partial charge in [0.25, 0.3) is 5.91 Å². The number of anilines is 1. The van der Waals surface area contributed by atoms with E-state index in [1.807, 2.05) is 0 Å². The van der Waals surface area contributed by atoms with Gasteiger partial charge in [-0.3, -0.25) is 9.69 Å². The molecule has 1 N–H and O–H groups in total. The molecule has 0 saturated heterocycles. The van der Waals surface area contributed by atoms with Gasteiger partial charge in [-0.05, 0) is 42.0 Å². The molecule has 1 aliphatic rings. The van der Waals surface area contributed by atoms with Crippen LogP contribution in [-0.2, 0) is 19.6 Å². The van der Waals surface area contributed by atoms with Crippen LogP contribution in [0.3, 0.4) is 0 Å². The summed E-state index contributed by atoms with van der Waals surface area (Å²) in [7, 11) is 3.07. The van der Waals surface area contributed by atoms with E-state index in [0.717, 1.165) is 5.56 Å². The molecule has 4 rings (SSSR count). The molecule has 0 spiro atoms. The van der Waals surface area contributed by atoms with E-state index in [1.165, 1.54) is 41.2 Å². The van der Waals surface area contributed by atoms with Crippen LogP contribution in [-0.4, -0.2) is 31.0 Å². The lowest BCUT2D eigenvalue weighted by Gasteiger charge is -2.35. The molecule has 0 atom stereocenters. The molecule has 0 bridgehead atoms. The van der Waals surface area contributed by atoms with E-state index in [1.54, 1.807) is 37.4 Å². The fourth-order valence-corrected chi connectivity index (χ4v) is 4.11. The quantitative estimate of drug-likeness (QED) is 0.526. The summed E-state index contributed by atoms with van der Waals surface area (Å²) in [4.78, 5) is 28.7. The van der Waals surface area contributed by atoms with Crippen molar-refractivity contribution in [1.82, 2.24) is 10.2 Å². The zero-order valence-electron chi connectivity index (χ0n) is 18.6. The summed E-state index contributed by atoms with van der Waals surface area (Å²) in [5.41, 5.74) is 1.96. The lowest BCUT2D eigenvalue weighted by Crippen LogP contribution is -2.45. The third-order valence-corrected chi connectivity index (χ3v) is 6.06. The van der Waals surface area contributed by atoms with E-state index < -0.39 is 17.5 Å². The number of hydrogen-bond donors (Lipinski definition) is 1. The van der Waals surface area contributed by atoms with Gasteiger partial charge in [0.2, 0.25) is 0 Å². The fourth-order valence-electron chi connectivity index (χ4n) is 3.89. The van der Waals surface area contributed by atoms with E-state index in [4.69, 9.17) is 16.3 Å². The second kappa shape index (κ2) is 9.69. The SMILES string of the molecule is COc1cccc(F)c1CNC(=O)c1ccc2c(c1)N(Cc1c(F)cccc1Cl)C(=O)N(C)C2. The molecule has 1 heterocycles. The molecule has 9 heteroatoms. The number of rotatable bonds is 6. The third-order valence-electron chi connectivity index (χ3n) is 5.70. The molecular weight excluding hydrogens is 464 g/mol. The molecule has 0 fully saturated rings. The van der Waals surface area contributed by atoms with Crippen LogP contribution in [0.2, 0.25) is 5.02 Å². The maximum atomic E-state index is 14.4. The largest absolute Gasteiger partial charge is 0.496 e. The third kappa shape index (κ3) is 4.54. The summed E-state index contributed by atoms with van der Waals surface area (Å²) in [5.74, 6) is -1.15. The predicted octanol–water partition coefficient (Wildman–Crippen LogP) is 5.13. The number of fused-ring (bicyclic) bond motifs is 1. The molecule has 0 radical (unpaired) electrons. The van der Waals surface area contributed by atoms with Gasteiger partial charge in [-0.1, -0.05) is 29.8 Å². The normalized spacial score (nSPS) is 13.0. The van der Waals surface area contributed by atoms with Gasteiger partial charge in [0, 0.05) is 41.9 Å². The number of carbonyl (C=O) groups is 2. The summed E-state index contributed by atoms with van der Waals surface area (Å²) in [5, 5.41) is 2.89. The molecule has 0 unspecified atom stereocenters. The number of nitrogens with zero attached hydrogens (tertiary/aromatic N) is 2. The number of nitrogens with one attached hydrogen (secondary N) is 1. The van der Waals surface area contributed by atoms with Crippen molar-refractivity contribution in [1.29, 1.82) is 0 Å². The van der Waals surface area contributed by atoms with E-state index in [-0.39, 0.29) is 40.8 Å². The number of ether oxygens (including phenoxy) is 1. The van der Waals surface area contributed by atoms with Gasteiger partial charge in [-0.25, -0.2) is 13.6 Å². The van der Waals surface area contributed by atoms with E-state index in [9.17, 15) is 18.4 Å². The average Bonchev–Trinajstić information content (AvgIpc) is 2.82. The number of urea groups is 1. The zero-order valence-corrected chi connectivity index (χ0v) is 19.3. The monoisotopic (exact) mass is 485 g/mol. The zero-order chi connectivity index (χ0) is 24.4. The summed E-state index contributed by atoms with van der Waals surface area (Å²) in [6, 6.07) is 13.3. The van der Waals surface area contributed by atoms with Crippen LogP contribution in [0.15, 0.2) is 54.6 Å². The first kappa shape index (κ1) is 23.5. The fraction of sp³-hybridized carbons (Fsp3) is 0.200. The Morgan fingerprint density at radius 2 is 1.79 bits per heavy atom. The molecule has 0 aromatic heterocycles. The van der Waals surface area contributed by atoms with Crippen LogP contribution < -0.4 is 15.0 Å². The maximum Gasteiger partial charge on any atom is 0.324 e. The summed E-state index contributed by atoms with van der Waals surface area (Å²) in [6.45, 7) is 0.158. The number of halogens is 3. The highest BCUT2D eigenvalue weighted by molar-refractivity contribution is 6.31. The highest BCUT2D eigenvalue weighted by atomic mass is 35.5. The number of carbonyl (C=O) groups excluding carboxylic acids is 2. The Morgan fingerprint density at radius 1 is 1.09 bits per heavy atom. The lowest BCUT2D eigenvalue weighted by molar-refractivity contribution is 0.0950. The molecule has 3 aromatic carbocycles. The first-order valence-corrected chi connectivity index (χ1v) is 10.9. The number of benzene rings is 3. The molecule has 3 aromatic rings. The number of methoxy groups -OCH3 is 1. The molecule has 1 aliphatic heterocycles. The van der Waals surface area contributed by atoms with Crippen molar-refractivity contribution < 1.29 is 23.1 Å². The Kier molecular flexibility index (Phi) is 6.70. The van der Waals surface area contributed by atoms with Crippen molar-refractivity contribution in [3.05, 3.63) is 93.5 Å². The Balaban J connectivity index is 1.62. The Labute approximate surface area is 200 Å². The molecule has 3 amide bonds. The molecule has 0 saturated carbocycles. The van der Waals surface area contributed by atoms with Gasteiger partial charge in [0.15, 0.2) is 0 Å². The summed E-state index contributed by atoms with van der Waals surface area (Å²) in [6.07, 6.45) is 0. The smallest absolute Gasteiger partial charge is 0.324 e. The Hall–Kier alpha value is -3.65. The number of hydrogen-bond acceptors (Lipinski definition) is 3. The lowest BCUT2D eigenvalue weighted by atomic mass is 10.0. The minimum Gasteiger partial charge on any atom is -0.496 e. The van der Waals surface area contributed by atoms with Gasteiger partial charge in [0.1, 0.15) is 17.4 Å². The molecular formula is C25H22ClF2N3O3. The van der Waals surface area contributed by atoms with Crippen molar-refractivity contribution in [3.63, 3.8) is 0 Å². The summed E-state index contributed by atoms with van der Waals surface area (Å²) >= 11 is 6.18. The van der Waals surface area contributed by atoms with Crippen LogP contribution in [0.5, 0.6) is 5.75 Å². The Morgan fingerprint density at radius 3 is 2.50 bits per heavy atom. The van der Waals surface area contributed by atoms with E-state index in [0.29, 0.717) is 18.0 Å². The van der Waals surface area contributed by atoms with Crippen molar-refractivity contribution in [2.24, 2.45) is 0 Å². The van der Waals surface area contributed by atoms with Crippen molar-refractivity contribution in [3.8, 4) is 5.75 Å². The van der Waals surface area contributed by atoms with Crippen LogP contribution in [0.1, 0.15) is 27.0 Å². The first-order valence-electron chi connectivity index (χ1n) is 10.5. The van der Waals surface area contributed by atoms with Crippen LogP contribution in [0.25, 0.3) is 0 Å². The van der Waals surface area contributed by atoms with Gasteiger partial charge in [-0.2, -0.15) is 0 Å². The molecule has 0 aliphatic carbocycles. The topological polar surface area (TPSA) is 61.9 Å². The number of amides is 3. The van der Waals surface area contributed by atoms with Crippen molar-refractivity contribution in [2.45, 2.75) is 19.6 Å². The second-order valence-corrected chi connectivity index (χ2v) is 8.28. The van der Waals surface area contributed by atoms with E-state index in [2.05, 4.69) is 5.32 Å². The van der Waals surface area contributed by atoms with Gasteiger partial charge in [-0.15, -0.1) is 0 Å². The minimum atomic E-state index is -0.525. The maximum absolute atomic E-state index is 14.4.